The number of nitrogens with one attached hydrogen (secondary N) is 2. The number of fused-ring (bicyclic) bond motifs is 1. The molecule has 4 rings (SSSR count). The summed E-state index contributed by atoms with van der Waals surface area (Å²) < 4.78 is 1.44. The standard InChI is InChI=1S/C22H25N5O3/c1-14-13-27-19(21(29)23-14)12-18(25-27)22(30)26-10-8-17(9-11-26)24-20(28)15(2)16-6-4-3-5-7-16/h3-7,12-13,15,17H,8-11H2,1-2H3,(H,23,29)(H,24,28). The van der Waals surface area contributed by atoms with E-state index in [9.17, 15) is 14.4 Å². The van der Waals surface area contributed by atoms with E-state index in [4.69, 9.17) is 0 Å². The fourth-order valence-corrected chi connectivity index (χ4v) is 3.83. The average molecular weight is 407 g/mol. The van der Waals surface area contributed by atoms with E-state index in [0.29, 0.717) is 37.1 Å². The SMILES string of the molecule is Cc1cn2nc(C(=O)N3CCC(NC(=O)C(C)c4ccccc4)CC3)cc2c(=O)[nH]1. The molecule has 156 valence electrons. The maximum Gasteiger partial charge on any atom is 0.274 e. The summed E-state index contributed by atoms with van der Waals surface area (Å²) in [6.07, 6.45) is 3.06. The quantitative estimate of drug-likeness (QED) is 0.689. The molecule has 2 amide bonds. The fourth-order valence-electron chi connectivity index (χ4n) is 3.83. The van der Waals surface area contributed by atoms with E-state index >= 15 is 0 Å². The van der Waals surface area contributed by atoms with Crippen molar-refractivity contribution in [3.8, 4) is 0 Å². The first-order valence-electron chi connectivity index (χ1n) is 10.2. The summed E-state index contributed by atoms with van der Waals surface area (Å²) in [5.41, 5.74) is 2.00. The van der Waals surface area contributed by atoms with Gasteiger partial charge in [0.2, 0.25) is 5.91 Å². The second-order valence-corrected chi connectivity index (χ2v) is 7.83. The predicted molar refractivity (Wildman–Crippen MR) is 112 cm³/mol. The Bertz CT molecular complexity index is 1130. The van der Waals surface area contributed by atoms with Gasteiger partial charge in [-0.3, -0.25) is 14.4 Å². The summed E-state index contributed by atoms with van der Waals surface area (Å²) in [6, 6.07) is 11.3. The first-order chi connectivity index (χ1) is 14.4. The molecule has 30 heavy (non-hydrogen) atoms. The van der Waals surface area contributed by atoms with E-state index in [2.05, 4.69) is 15.4 Å². The van der Waals surface area contributed by atoms with E-state index in [1.807, 2.05) is 37.3 Å². The van der Waals surface area contributed by atoms with Crippen molar-refractivity contribution in [2.45, 2.75) is 38.6 Å². The van der Waals surface area contributed by atoms with Crippen molar-refractivity contribution >= 4 is 17.3 Å². The van der Waals surface area contributed by atoms with E-state index in [0.717, 1.165) is 5.56 Å². The molecule has 0 bridgehead atoms. The van der Waals surface area contributed by atoms with Crippen LogP contribution in [0.15, 0.2) is 47.4 Å². The largest absolute Gasteiger partial charge is 0.353 e. The number of benzene rings is 1. The summed E-state index contributed by atoms with van der Waals surface area (Å²) in [7, 11) is 0. The highest BCUT2D eigenvalue weighted by molar-refractivity contribution is 5.93. The Hall–Kier alpha value is -3.42. The highest BCUT2D eigenvalue weighted by Crippen LogP contribution is 2.18. The molecule has 1 aromatic carbocycles. The van der Waals surface area contributed by atoms with Crippen LogP contribution in [0.3, 0.4) is 0 Å². The minimum Gasteiger partial charge on any atom is -0.353 e. The lowest BCUT2D eigenvalue weighted by molar-refractivity contribution is -0.123. The molecular formula is C22H25N5O3. The molecule has 0 aliphatic carbocycles. The Labute approximate surface area is 173 Å². The van der Waals surface area contributed by atoms with Gasteiger partial charge in [0.1, 0.15) is 5.52 Å². The van der Waals surface area contributed by atoms with Gasteiger partial charge in [0.05, 0.1) is 5.92 Å². The molecule has 3 aromatic rings. The molecule has 2 aromatic heterocycles. The molecule has 2 N–H and O–H groups in total. The van der Waals surface area contributed by atoms with Crippen molar-refractivity contribution in [3.05, 3.63) is 69.9 Å². The Morgan fingerprint density at radius 1 is 1.20 bits per heavy atom. The molecular weight excluding hydrogens is 382 g/mol. The zero-order valence-corrected chi connectivity index (χ0v) is 17.1. The normalized spacial score (nSPS) is 15.9. The van der Waals surface area contributed by atoms with Crippen LogP contribution in [0.4, 0.5) is 0 Å². The third-order valence-electron chi connectivity index (χ3n) is 5.64. The van der Waals surface area contributed by atoms with Crippen LogP contribution in [-0.2, 0) is 4.79 Å². The molecule has 8 heteroatoms. The van der Waals surface area contributed by atoms with Gasteiger partial charge in [0.25, 0.3) is 11.5 Å². The topological polar surface area (TPSA) is 99.6 Å². The number of hydrogen-bond donors (Lipinski definition) is 2. The van der Waals surface area contributed by atoms with Crippen molar-refractivity contribution in [2.24, 2.45) is 0 Å². The van der Waals surface area contributed by atoms with Crippen LogP contribution in [0, 0.1) is 6.92 Å². The number of amides is 2. The molecule has 1 aliphatic heterocycles. The second kappa shape index (κ2) is 8.14. The lowest BCUT2D eigenvalue weighted by Crippen LogP contribution is -2.47. The number of rotatable bonds is 4. The van der Waals surface area contributed by atoms with Crippen molar-refractivity contribution in [1.82, 2.24) is 24.8 Å². The predicted octanol–water partition coefficient (Wildman–Crippen LogP) is 1.86. The Balaban J connectivity index is 1.36. The number of piperidine rings is 1. The van der Waals surface area contributed by atoms with E-state index in [1.54, 1.807) is 18.0 Å². The van der Waals surface area contributed by atoms with Crippen molar-refractivity contribution < 1.29 is 9.59 Å². The van der Waals surface area contributed by atoms with Gasteiger partial charge in [-0.25, -0.2) is 4.52 Å². The molecule has 1 unspecified atom stereocenters. The molecule has 1 saturated heterocycles. The number of hydrogen-bond acceptors (Lipinski definition) is 4. The van der Waals surface area contributed by atoms with Crippen molar-refractivity contribution in [3.63, 3.8) is 0 Å². The smallest absolute Gasteiger partial charge is 0.274 e. The number of carbonyl (C=O) groups excluding carboxylic acids is 2. The first-order valence-corrected chi connectivity index (χ1v) is 10.2. The number of H-pyrrole nitrogens is 1. The number of nitrogens with zero attached hydrogens (tertiary/aromatic N) is 3. The summed E-state index contributed by atoms with van der Waals surface area (Å²) in [6.45, 7) is 4.73. The Morgan fingerprint density at radius 3 is 2.60 bits per heavy atom. The van der Waals surface area contributed by atoms with Crippen LogP contribution in [0.25, 0.3) is 5.52 Å². The Kier molecular flexibility index (Phi) is 5.39. The highest BCUT2D eigenvalue weighted by atomic mass is 16.2. The molecule has 0 saturated carbocycles. The number of aromatic nitrogens is 3. The number of likely N-dealkylation sites (tertiary alicyclic amines) is 1. The molecule has 1 fully saturated rings. The Morgan fingerprint density at radius 2 is 1.90 bits per heavy atom. The molecule has 0 radical (unpaired) electrons. The zero-order chi connectivity index (χ0) is 21.3. The van der Waals surface area contributed by atoms with Crippen molar-refractivity contribution in [2.75, 3.05) is 13.1 Å². The van der Waals surface area contributed by atoms with Gasteiger partial charge in [-0.2, -0.15) is 5.10 Å². The maximum atomic E-state index is 12.8. The van der Waals surface area contributed by atoms with E-state index in [-0.39, 0.29) is 35.0 Å². The minimum absolute atomic E-state index is 0.000854. The first kappa shape index (κ1) is 19.9. The van der Waals surface area contributed by atoms with Gasteiger partial charge < -0.3 is 15.2 Å². The summed E-state index contributed by atoms with van der Waals surface area (Å²) in [4.78, 5) is 41.9. The van der Waals surface area contributed by atoms with Crippen LogP contribution in [0.5, 0.6) is 0 Å². The van der Waals surface area contributed by atoms with Crippen LogP contribution >= 0.6 is 0 Å². The van der Waals surface area contributed by atoms with Gasteiger partial charge in [-0.1, -0.05) is 30.3 Å². The fraction of sp³-hybridized carbons (Fsp3) is 0.364. The zero-order valence-electron chi connectivity index (χ0n) is 17.1. The summed E-state index contributed by atoms with van der Waals surface area (Å²) in [5, 5.41) is 7.38. The van der Waals surface area contributed by atoms with Gasteiger partial charge in [-0.05, 0) is 32.3 Å². The van der Waals surface area contributed by atoms with Crippen molar-refractivity contribution in [1.29, 1.82) is 0 Å². The van der Waals surface area contributed by atoms with Crippen LogP contribution in [-0.4, -0.2) is 50.4 Å². The third-order valence-corrected chi connectivity index (χ3v) is 5.64. The number of carbonyl (C=O) groups is 2. The van der Waals surface area contributed by atoms with Crippen LogP contribution in [0.1, 0.15) is 47.4 Å². The molecule has 0 spiro atoms. The van der Waals surface area contributed by atoms with E-state index < -0.39 is 0 Å². The third kappa shape index (κ3) is 3.98. The minimum atomic E-state index is -0.268. The maximum absolute atomic E-state index is 12.8. The van der Waals surface area contributed by atoms with Gasteiger partial charge in [0, 0.05) is 37.1 Å². The summed E-state index contributed by atoms with van der Waals surface area (Å²) in [5.74, 6) is -0.413. The average Bonchev–Trinajstić information content (AvgIpc) is 3.18. The number of aromatic amines is 1. The van der Waals surface area contributed by atoms with Crippen LogP contribution in [0.2, 0.25) is 0 Å². The van der Waals surface area contributed by atoms with E-state index in [1.165, 1.54) is 10.6 Å². The molecule has 8 nitrogen and oxygen atoms in total. The second-order valence-electron chi connectivity index (χ2n) is 7.83. The number of aryl methyl sites for hydroxylation is 1. The summed E-state index contributed by atoms with van der Waals surface area (Å²) >= 11 is 0. The molecule has 3 heterocycles. The van der Waals surface area contributed by atoms with Gasteiger partial charge in [-0.15, -0.1) is 0 Å². The lowest BCUT2D eigenvalue weighted by Gasteiger charge is -2.32. The molecule has 1 aliphatic rings. The van der Waals surface area contributed by atoms with Gasteiger partial charge >= 0.3 is 0 Å². The molecule has 1 atom stereocenters. The van der Waals surface area contributed by atoms with Gasteiger partial charge in [0.15, 0.2) is 5.69 Å². The lowest BCUT2D eigenvalue weighted by atomic mass is 9.98. The highest BCUT2D eigenvalue weighted by Gasteiger charge is 2.27. The monoisotopic (exact) mass is 407 g/mol. The van der Waals surface area contributed by atoms with Crippen LogP contribution < -0.4 is 10.9 Å².